The third-order valence-electron chi connectivity index (χ3n) is 6.29. The van der Waals surface area contributed by atoms with Crippen LogP contribution < -0.4 is 4.80 Å². The van der Waals surface area contributed by atoms with Crippen molar-refractivity contribution in [3.05, 3.63) is 99.3 Å². The molecule has 2 aromatic heterocycles. The molecule has 1 aliphatic rings. The number of thiazole rings is 1. The number of thiophene rings is 1. The van der Waals surface area contributed by atoms with E-state index in [1.807, 2.05) is 45.9 Å². The van der Waals surface area contributed by atoms with Crippen molar-refractivity contribution in [2.24, 2.45) is 10.1 Å². The third kappa shape index (κ3) is 5.01. The molecule has 7 nitrogen and oxygen atoms in total. The maximum Gasteiger partial charge on any atom is 0.243 e. The molecule has 1 aliphatic heterocycles. The highest BCUT2D eigenvalue weighted by Crippen LogP contribution is 2.29. The average Bonchev–Trinajstić information content (AvgIpc) is 3.62. The Kier molecular flexibility index (Phi) is 7.05. The minimum absolute atomic E-state index is 0.254. The molecule has 0 radical (unpaired) electrons. The fourth-order valence-electron chi connectivity index (χ4n) is 4.34. The molecule has 6 rings (SSSR count). The topological polar surface area (TPSA) is 76.3 Å². The van der Waals surface area contributed by atoms with Gasteiger partial charge in [-0.05, 0) is 51.9 Å². The van der Waals surface area contributed by atoms with Crippen molar-refractivity contribution in [1.82, 2.24) is 8.98 Å². The quantitative estimate of drug-likeness (QED) is 0.255. The van der Waals surface area contributed by atoms with Gasteiger partial charge in [0.25, 0.3) is 0 Å². The smallest absolute Gasteiger partial charge is 0.243 e. The van der Waals surface area contributed by atoms with Crippen LogP contribution in [0.5, 0.6) is 0 Å². The van der Waals surface area contributed by atoms with Gasteiger partial charge in [-0.25, -0.2) is 18.1 Å². The Labute approximate surface area is 228 Å². The largest absolute Gasteiger partial charge is 0.379 e. The lowest BCUT2D eigenvalue weighted by Crippen LogP contribution is -2.40. The maximum absolute atomic E-state index is 13.0. The third-order valence-corrected chi connectivity index (χ3v) is 9.72. The lowest BCUT2D eigenvalue weighted by Gasteiger charge is -2.26. The zero-order chi connectivity index (χ0) is 26.0. The first-order valence-electron chi connectivity index (χ1n) is 12.1. The van der Waals surface area contributed by atoms with Crippen molar-refractivity contribution in [1.29, 1.82) is 0 Å². The fraction of sp³-hybridized carbons (Fsp3) is 0.143. The number of rotatable bonds is 6. The van der Waals surface area contributed by atoms with Gasteiger partial charge in [-0.2, -0.15) is 20.7 Å². The van der Waals surface area contributed by atoms with Gasteiger partial charge < -0.3 is 4.74 Å². The SMILES string of the molecule is O=S(=O)(c1ccc(N=c2scc(-c3cccc4ccccc34)n2N=Cc2ccsc2)cc1)N1CCOCC1. The molecule has 0 atom stereocenters. The zero-order valence-electron chi connectivity index (χ0n) is 20.3. The average molecular weight is 561 g/mol. The summed E-state index contributed by atoms with van der Waals surface area (Å²) in [6.45, 7) is 1.55. The molecule has 0 unspecified atom stereocenters. The van der Waals surface area contributed by atoms with Crippen LogP contribution in [0, 0.1) is 0 Å². The highest BCUT2D eigenvalue weighted by molar-refractivity contribution is 7.89. The van der Waals surface area contributed by atoms with Crippen molar-refractivity contribution < 1.29 is 13.2 Å². The first-order valence-corrected chi connectivity index (χ1v) is 15.3. The molecule has 1 saturated heterocycles. The molecule has 38 heavy (non-hydrogen) atoms. The van der Waals surface area contributed by atoms with Crippen LogP contribution in [0.2, 0.25) is 0 Å². The van der Waals surface area contributed by atoms with E-state index in [0.717, 1.165) is 27.6 Å². The number of sulfonamides is 1. The van der Waals surface area contributed by atoms with Crippen molar-refractivity contribution in [2.45, 2.75) is 4.90 Å². The molecule has 0 bridgehead atoms. The van der Waals surface area contributed by atoms with Crippen LogP contribution in [0.4, 0.5) is 5.69 Å². The predicted octanol–water partition coefficient (Wildman–Crippen LogP) is 5.57. The monoisotopic (exact) mass is 560 g/mol. The molecule has 1 fully saturated rings. The van der Waals surface area contributed by atoms with E-state index in [1.165, 1.54) is 15.6 Å². The highest BCUT2D eigenvalue weighted by Gasteiger charge is 2.26. The molecule has 0 amide bonds. The van der Waals surface area contributed by atoms with Crippen molar-refractivity contribution in [2.75, 3.05) is 26.3 Å². The number of ether oxygens (including phenoxy) is 1. The number of aromatic nitrogens is 1. The van der Waals surface area contributed by atoms with E-state index < -0.39 is 10.0 Å². The molecule has 3 aromatic carbocycles. The van der Waals surface area contributed by atoms with Crippen molar-refractivity contribution in [3.8, 4) is 11.3 Å². The highest BCUT2D eigenvalue weighted by atomic mass is 32.2. The van der Waals surface area contributed by atoms with Crippen LogP contribution in [0.15, 0.2) is 104 Å². The van der Waals surface area contributed by atoms with Gasteiger partial charge in [0.1, 0.15) is 0 Å². The molecule has 0 saturated carbocycles. The summed E-state index contributed by atoms with van der Waals surface area (Å²) >= 11 is 3.11. The summed E-state index contributed by atoms with van der Waals surface area (Å²) < 4.78 is 34.6. The summed E-state index contributed by atoms with van der Waals surface area (Å²) in [7, 11) is -3.56. The second-order valence-corrected chi connectivity index (χ2v) is 12.2. The van der Waals surface area contributed by atoms with E-state index in [2.05, 4.69) is 29.6 Å². The summed E-state index contributed by atoms with van der Waals surface area (Å²) in [5.41, 5.74) is 3.66. The Morgan fingerprint density at radius 3 is 2.47 bits per heavy atom. The molecule has 0 spiro atoms. The van der Waals surface area contributed by atoms with Crippen LogP contribution >= 0.6 is 22.7 Å². The van der Waals surface area contributed by atoms with E-state index >= 15 is 0 Å². The van der Waals surface area contributed by atoms with Gasteiger partial charge >= 0.3 is 0 Å². The van der Waals surface area contributed by atoms with Crippen molar-refractivity contribution >= 4 is 55.4 Å². The molecule has 0 N–H and O–H groups in total. The number of nitrogens with zero attached hydrogens (tertiary/aromatic N) is 4. The molecule has 3 heterocycles. The minimum Gasteiger partial charge on any atom is -0.379 e. The number of hydrogen-bond acceptors (Lipinski definition) is 7. The molecular formula is C28H24N4O3S3. The van der Waals surface area contributed by atoms with Crippen LogP contribution in [0.1, 0.15) is 5.56 Å². The van der Waals surface area contributed by atoms with Gasteiger partial charge in [0, 0.05) is 29.6 Å². The van der Waals surface area contributed by atoms with Gasteiger partial charge in [-0.15, -0.1) is 11.3 Å². The first kappa shape index (κ1) is 24.9. The zero-order valence-corrected chi connectivity index (χ0v) is 22.8. The van der Waals surface area contributed by atoms with Crippen LogP contribution in [0.25, 0.3) is 22.0 Å². The van der Waals surface area contributed by atoms with Crippen LogP contribution in [-0.2, 0) is 14.8 Å². The summed E-state index contributed by atoms with van der Waals surface area (Å²) in [6, 6.07) is 23.2. The molecule has 10 heteroatoms. The molecule has 5 aromatic rings. The molecule has 0 aliphatic carbocycles. The van der Waals surface area contributed by atoms with Crippen LogP contribution in [-0.4, -0.2) is 49.9 Å². The Hall–Kier alpha value is -3.41. The Morgan fingerprint density at radius 2 is 1.68 bits per heavy atom. The first-order chi connectivity index (χ1) is 18.6. The van der Waals surface area contributed by atoms with Gasteiger partial charge in [0.2, 0.25) is 14.8 Å². The lowest BCUT2D eigenvalue weighted by molar-refractivity contribution is 0.0730. The summed E-state index contributed by atoms with van der Waals surface area (Å²) in [4.78, 5) is 5.78. The number of hydrogen-bond donors (Lipinski definition) is 0. The Morgan fingerprint density at radius 1 is 0.895 bits per heavy atom. The van der Waals surface area contributed by atoms with E-state index in [9.17, 15) is 8.42 Å². The standard InChI is InChI=1S/C28H24N4O3S3/c33-38(34,31-13-15-35-16-14-31)24-10-8-23(9-11-24)30-28-32(29-18-21-12-17-36-19-21)27(20-37-28)26-7-3-5-22-4-1-2-6-25(22)26/h1-12,17-20H,13-16H2. The van der Waals surface area contributed by atoms with E-state index in [4.69, 9.17) is 14.8 Å². The second kappa shape index (κ2) is 10.8. The Bertz CT molecular complexity index is 1760. The van der Waals surface area contributed by atoms with Gasteiger partial charge in [0.15, 0.2) is 0 Å². The van der Waals surface area contributed by atoms with Crippen LogP contribution in [0.3, 0.4) is 0 Å². The lowest BCUT2D eigenvalue weighted by atomic mass is 10.0. The number of fused-ring (bicyclic) bond motifs is 1. The summed E-state index contributed by atoms with van der Waals surface area (Å²) in [6.07, 6.45) is 1.83. The summed E-state index contributed by atoms with van der Waals surface area (Å²) in [5.74, 6) is 0. The fourth-order valence-corrected chi connectivity index (χ4v) is 7.20. The van der Waals surface area contributed by atoms with Gasteiger partial charge in [-0.3, -0.25) is 0 Å². The normalized spacial score (nSPS) is 15.5. The summed E-state index contributed by atoms with van der Waals surface area (Å²) in [5, 5.41) is 13.2. The van der Waals surface area contributed by atoms with Gasteiger partial charge in [-0.1, -0.05) is 42.5 Å². The molecular weight excluding hydrogens is 537 g/mol. The Balaban J connectivity index is 1.41. The maximum atomic E-state index is 13.0. The van der Waals surface area contributed by atoms with Crippen molar-refractivity contribution in [3.63, 3.8) is 0 Å². The van der Waals surface area contributed by atoms with E-state index in [0.29, 0.717) is 36.8 Å². The van der Waals surface area contributed by atoms with E-state index in [1.54, 1.807) is 35.6 Å². The molecule has 192 valence electrons. The minimum atomic E-state index is -3.56. The van der Waals surface area contributed by atoms with E-state index in [-0.39, 0.29) is 4.90 Å². The predicted molar refractivity (Wildman–Crippen MR) is 154 cm³/mol. The number of morpholine rings is 1. The van der Waals surface area contributed by atoms with Gasteiger partial charge in [0.05, 0.1) is 35.7 Å². The number of benzene rings is 3. The second-order valence-electron chi connectivity index (χ2n) is 8.67.